The molecule has 0 aliphatic carbocycles. The van der Waals surface area contributed by atoms with E-state index in [9.17, 15) is 0 Å². The van der Waals surface area contributed by atoms with Gasteiger partial charge in [-0.25, -0.2) is 0 Å². The summed E-state index contributed by atoms with van der Waals surface area (Å²) in [6.07, 6.45) is 1.74. The normalized spacial score (nSPS) is 13.1. The van der Waals surface area contributed by atoms with E-state index >= 15 is 0 Å². The van der Waals surface area contributed by atoms with Gasteiger partial charge in [0.1, 0.15) is 0 Å². The van der Waals surface area contributed by atoms with Crippen molar-refractivity contribution in [2.45, 2.75) is 40.5 Å². The molecule has 0 unspecified atom stereocenters. The van der Waals surface area contributed by atoms with Crippen LogP contribution in [0.25, 0.3) is 0 Å². The van der Waals surface area contributed by atoms with Crippen molar-refractivity contribution >= 4 is 22.8 Å². The minimum Gasteiger partial charge on any atom is -0.411 e. The maximum absolute atomic E-state index is 8.34. The molecular weight excluding hydrogens is 343 g/mol. The summed E-state index contributed by atoms with van der Waals surface area (Å²) < 4.78 is 0. The molecule has 0 heterocycles. The molecule has 0 saturated heterocycles. The topological polar surface area (TPSA) is 142 Å². The van der Waals surface area contributed by atoms with Crippen LogP contribution in [-0.4, -0.2) is 59.4 Å². The number of aliphatic imine (C=N–C) groups is 2. The molecule has 9 heteroatoms. The predicted molar refractivity (Wildman–Crippen MR) is 93.1 cm³/mol. The number of rotatable bonds is 8. The predicted octanol–water partition coefficient (Wildman–Crippen LogP) is 1.29. The summed E-state index contributed by atoms with van der Waals surface area (Å²) in [6, 6.07) is 0. The van der Waals surface area contributed by atoms with Crippen molar-refractivity contribution in [3.63, 3.8) is 0 Å². The quantitative estimate of drug-likeness (QED) is 0.220. The fourth-order valence-electron chi connectivity index (χ4n) is 1.05. The van der Waals surface area contributed by atoms with Crippen LogP contribution in [0.5, 0.6) is 0 Å². The summed E-state index contributed by atoms with van der Waals surface area (Å²) in [5, 5.41) is 22.7. The van der Waals surface area contributed by atoms with Gasteiger partial charge in [0.2, 0.25) is 0 Å². The molecule has 0 aromatic carbocycles. The van der Waals surface area contributed by atoms with Gasteiger partial charge in [0, 0.05) is 13.1 Å². The molecule has 0 aromatic heterocycles. The Balaban J connectivity index is -0.000000333. The second-order valence-electron chi connectivity index (χ2n) is 4.59. The Labute approximate surface area is 149 Å². The van der Waals surface area contributed by atoms with Gasteiger partial charge in [0.05, 0.1) is 22.8 Å². The first-order valence-corrected chi connectivity index (χ1v) is 7.24. The summed E-state index contributed by atoms with van der Waals surface area (Å²) in [4.78, 5) is 8.26. The number of nitrogens with two attached hydrogens (primary N) is 2. The van der Waals surface area contributed by atoms with Gasteiger partial charge in [0.15, 0.2) is 0 Å². The van der Waals surface area contributed by atoms with E-state index in [0.29, 0.717) is 37.6 Å². The summed E-state index contributed by atoms with van der Waals surface area (Å²) in [6.45, 7) is 9.74. The molecule has 8 nitrogen and oxygen atoms in total. The van der Waals surface area contributed by atoms with Crippen LogP contribution in [0.2, 0.25) is 0 Å². The summed E-state index contributed by atoms with van der Waals surface area (Å²) in [7, 11) is 0. The molecule has 0 saturated carbocycles. The van der Waals surface area contributed by atoms with E-state index in [1.54, 1.807) is 13.8 Å². The molecule has 0 aromatic rings. The first-order valence-electron chi connectivity index (χ1n) is 7.24. The average Bonchev–Trinajstić information content (AvgIpc) is 2.54. The number of hydrogen-bond donors (Lipinski definition) is 4. The fraction of sp³-hybridized carbons (Fsp3) is 0.714. The Morgan fingerprint density at radius 2 is 1.00 bits per heavy atom. The monoisotopic (exact) mass is 373 g/mol. The Morgan fingerprint density at radius 1 is 0.696 bits per heavy atom. The molecule has 0 fully saturated rings. The third-order valence-electron chi connectivity index (χ3n) is 2.77. The van der Waals surface area contributed by atoms with Crippen LogP contribution in [0, 0.1) is 0 Å². The minimum absolute atomic E-state index is 0. The standard InChI is InChI=1S/2C7H15N3O.Co/c2*1-6(7(2)10-11)9-5-3-4-8;/h2*11H,3-5,8H2,1-2H3;/q;;+2. The van der Waals surface area contributed by atoms with E-state index in [1.165, 1.54) is 0 Å². The van der Waals surface area contributed by atoms with Gasteiger partial charge in [-0.05, 0) is 53.6 Å². The van der Waals surface area contributed by atoms with Crippen LogP contribution in [0.1, 0.15) is 40.5 Å². The maximum atomic E-state index is 8.34. The van der Waals surface area contributed by atoms with Crippen LogP contribution in [-0.2, 0) is 16.8 Å². The van der Waals surface area contributed by atoms with Crippen molar-refractivity contribution < 1.29 is 27.2 Å². The van der Waals surface area contributed by atoms with Gasteiger partial charge in [-0.2, -0.15) is 0 Å². The van der Waals surface area contributed by atoms with Gasteiger partial charge < -0.3 is 21.9 Å². The third-order valence-corrected chi connectivity index (χ3v) is 2.77. The minimum atomic E-state index is 0. The number of nitrogens with zero attached hydrogens (tertiary/aromatic N) is 4. The van der Waals surface area contributed by atoms with Gasteiger partial charge in [-0.1, -0.05) is 10.3 Å². The van der Waals surface area contributed by atoms with Crippen LogP contribution >= 0.6 is 0 Å². The molecule has 0 aliphatic heterocycles. The van der Waals surface area contributed by atoms with Crippen molar-refractivity contribution in [1.29, 1.82) is 0 Å². The molecule has 0 aliphatic rings. The summed E-state index contributed by atoms with van der Waals surface area (Å²) in [5.74, 6) is 0. The van der Waals surface area contributed by atoms with Crippen molar-refractivity contribution in [3.8, 4) is 0 Å². The average molecular weight is 373 g/mol. The van der Waals surface area contributed by atoms with E-state index in [4.69, 9.17) is 21.9 Å². The van der Waals surface area contributed by atoms with Gasteiger partial charge in [-0.15, -0.1) is 0 Å². The zero-order valence-corrected chi connectivity index (χ0v) is 15.5. The van der Waals surface area contributed by atoms with E-state index in [2.05, 4.69) is 20.3 Å². The molecule has 1 radical (unpaired) electrons. The Morgan fingerprint density at radius 3 is 1.22 bits per heavy atom. The number of hydrogen-bond acceptors (Lipinski definition) is 8. The van der Waals surface area contributed by atoms with E-state index in [0.717, 1.165) is 24.3 Å². The summed E-state index contributed by atoms with van der Waals surface area (Å²) in [5.41, 5.74) is 13.2. The van der Waals surface area contributed by atoms with Gasteiger partial charge in [-0.3, -0.25) is 9.98 Å². The van der Waals surface area contributed by atoms with Crippen LogP contribution < -0.4 is 11.5 Å². The Hall–Kier alpha value is -1.29. The van der Waals surface area contributed by atoms with Crippen LogP contribution in [0.3, 0.4) is 0 Å². The molecule has 0 rings (SSSR count). The molecule has 135 valence electrons. The smallest absolute Gasteiger partial charge is 0.411 e. The van der Waals surface area contributed by atoms with Crippen molar-refractivity contribution in [1.82, 2.24) is 0 Å². The fourth-order valence-corrected chi connectivity index (χ4v) is 1.05. The summed E-state index contributed by atoms with van der Waals surface area (Å²) >= 11 is 0. The zero-order chi connectivity index (χ0) is 17.4. The Kier molecular flexibility index (Phi) is 21.7. The van der Waals surface area contributed by atoms with Gasteiger partial charge >= 0.3 is 16.8 Å². The first-order chi connectivity index (χ1) is 10.4. The molecule has 23 heavy (non-hydrogen) atoms. The number of oxime groups is 2. The van der Waals surface area contributed by atoms with Crippen LogP contribution in [0.15, 0.2) is 20.3 Å². The molecule has 6 N–H and O–H groups in total. The molecule has 0 amide bonds. The van der Waals surface area contributed by atoms with Crippen molar-refractivity contribution in [2.75, 3.05) is 26.2 Å². The molecular formula is C14H30CoN6O2+2. The van der Waals surface area contributed by atoms with Crippen molar-refractivity contribution in [3.05, 3.63) is 0 Å². The van der Waals surface area contributed by atoms with Crippen molar-refractivity contribution in [2.24, 2.45) is 31.8 Å². The largest absolute Gasteiger partial charge is 2.00 e. The second kappa shape index (κ2) is 18.8. The van der Waals surface area contributed by atoms with E-state index in [-0.39, 0.29) is 16.8 Å². The van der Waals surface area contributed by atoms with Gasteiger partial charge in [0.25, 0.3) is 0 Å². The second-order valence-corrected chi connectivity index (χ2v) is 4.59. The first kappa shape index (κ1) is 26.6. The molecule has 0 spiro atoms. The van der Waals surface area contributed by atoms with E-state index < -0.39 is 0 Å². The SMILES string of the molecule is CC(=NO)C(C)=NCCCN.CC(=NO)C(C)=NCCCN.[Co+2]. The third kappa shape index (κ3) is 16.9. The van der Waals surface area contributed by atoms with Crippen LogP contribution in [0.4, 0.5) is 0 Å². The maximum Gasteiger partial charge on any atom is 2.00 e. The Bertz CT molecular complexity index is 370. The zero-order valence-electron chi connectivity index (χ0n) is 14.4. The van der Waals surface area contributed by atoms with E-state index in [1.807, 2.05) is 13.8 Å². The molecule has 0 atom stereocenters. The molecule has 0 bridgehead atoms.